The van der Waals surface area contributed by atoms with E-state index in [1.807, 2.05) is 0 Å². The largest absolute Gasteiger partial charge is 0.227 e. The first kappa shape index (κ1) is 9.02. The van der Waals surface area contributed by atoms with Crippen LogP contribution in [-0.2, 0) is 0 Å². The van der Waals surface area contributed by atoms with Crippen LogP contribution in [0.2, 0.25) is 0 Å². The van der Waals surface area contributed by atoms with E-state index in [1.54, 1.807) is 13.0 Å². The van der Waals surface area contributed by atoms with Crippen LogP contribution in [-0.4, -0.2) is 10.9 Å². The smallest absolute Gasteiger partial charge is 0.215 e. The van der Waals surface area contributed by atoms with E-state index in [-0.39, 0.29) is 5.88 Å². The first-order valence-electron chi connectivity index (χ1n) is 3.41. The lowest BCUT2D eigenvalue weighted by molar-refractivity contribution is 0.574. The van der Waals surface area contributed by atoms with Gasteiger partial charge in [-0.05, 0) is 13.0 Å². The lowest BCUT2D eigenvalue weighted by atomic mass is 10.2. The van der Waals surface area contributed by atoms with Crippen molar-refractivity contribution in [2.45, 2.75) is 6.92 Å². The van der Waals surface area contributed by atoms with Gasteiger partial charge in [0.2, 0.25) is 5.95 Å². The molecule has 0 N–H and O–H groups in total. The van der Waals surface area contributed by atoms with Crippen LogP contribution in [0.5, 0.6) is 0 Å². The molecule has 0 saturated carbocycles. The summed E-state index contributed by atoms with van der Waals surface area (Å²) < 4.78 is 12.6. The molecule has 0 amide bonds. The Hall–Kier alpha value is -1.07. The highest BCUT2D eigenvalue weighted by Gasteiger charge is 1.96. The zero-order chi connectivity index (χ0) is 8.97. The molecule has 0 atom stereocenters. The zero-order valence-electron chi connectivity index (χ0n) is 6.56. The van der Waals surface area contributed by atoms with Gasteiger partial charge in [0.1, 0.15) is 0 Å². The SMILES string of the molecule is Cc1cc(C#CCCl)cnc1F. The van der Waals surface area contributed by atoms with Crippen LogP contribution in [0.3, 0.4) is 0 Å². The maximum atomic E-state index is 12.6. The van der Waals surface area contributed by atoms with Crippen molar-refractivity contribution in [1.82, 2.24) is 4.98 Å². The van der Waals surface area contributed by atoms with Gasteiger partial charge in [-0.3, -0.25) is 0 Å². The number of aryl methyl sites for hydroxylation is 1. The average molecular weight is 184 g/mol. The number of hydrogen-bond acceptors (Lipinski definition) is 1. The maximum Gasteiger partial charge on any atom is 0.215 e. The van der Waals surface area contributed by atoms with Crippen LogP contribution in [0, 0.1) is 24.7 Å². The van der Waals surface area contributed by atoms with Gasteiger partial charge in [0.25, 0.3) is 0 Å². The molecule has 1 nitrogen and oxygen atoms in total. The molecular weight excluding hydrogens is 177 g/mol. The molecule has 1 rings (SSSR count). The first-order valence-corrected chi connectivity index (χ1v) is 3.94. The highest BCUT2D eigenvalue weighted by atomic mass is 35.5. The minimum absolute atomic E-state index is 0.274. The fourth-order valence-corrected chi connectivity index (χ4v) is 0.829. The highest BCUT2D eigenvalue weighted by molar-refractivity contribution is 6.19. The Labute approximate surface area is 75.6 Å². The molecular formula is C9H7ClFN. The normalized spacial score (nSPS) is 8.92. The van der Waals surface area contributed by atoms with Crippen molar-refractivity contribution in [3.05, 3.63) is 29.3 Å². The maximum absolute atomic E-state index is 12.6. The van der Waals surface area contributed by atoms with Crippen molar-refractivity contribution in [2.24, 2.45) is 0 Å². The van der Waals surface area contributed by atoms with Crippen LogP contribution in [0.4, 0.5) is 4.39 Å². The first-order chi connectivity index (χ1) is 5.74. The van der Waals surface area contributed by atoms with E-state index in [0.717, 1.165) is 0 Å². The van der Waals surface area contributed by atoms with Gasteiger partial charge < -0.3 is 0 Å². The summed E-state index contributed by atoms with van der Waals surface area (Å²) >= 11 is 5.35. The van der Waals surface area contributed by atoms with Crippen LogP contribution in [0.15, 0.2) is 12.3 Å². The van der Waals surface area contributed by atoms with Crippen LogP contribution in [0.1, 0.15) is 11.1 Å². The molecule has 0 unspecified atom stereocenters. The third-order valence-corrected chi connectivity index (χ3v) is 1.45. The van der Waals surface area contributed by atoms with Crippen LogP contribution >= 0.6 is 11.6 Å². The fraction of sp³-hybridized carbons (Fsp3) is 0.222. The van der Waals surface area contributed by atoms with Crippen molar-refractivity contribution in [3.63, 3.8) is 0 Å². The standard InChI is InChI=1S/C9H7ClFN/c1-7-5-8(3-2-4-10)6-12-9(7)11/h5-6H,4H2,1H3. The van der Waals surface area contributed by atoms with Gasteiger partial charge in [-0.15, -0.1) is 11.6 Å². The van der Waals surface area contributed by atoms with Gasteiger partial charge in [0.15, 0.2) is 0 Å². The molecule has 3 heteroatoms. The quantitative estimate of drug-likeness (QED) is 0.341. The predicted octanol–water partition coefficient (Wildman–Crippen LogP) is 2.12. The molecule has 1 aromatic heterocycles. The second-order valence-electron chi connectivity index (χ2n) is 2.27. The Balaban J connectivity index is 2.97. The van der Waals surface area contributed by atoms with Crippen molar-refractivity contribution in [1.29, 1.82) is 0 Å². The van der Waals surface area contributed by atoms with Crippen molar-refractivity contribution < 1.29 is 4.39 Å². The molecule has 0 aliphatic heterocycles. The predicted molar refractivity (Wildman–Crippen MR) is 46.5 cm³/mol. The van der Waals surface area contributed by atoms with E-state index < -0.39 is 5.95 Å². The van der Waals surface area contributed by atoms with Crippen molar-refractivity contribution >= 4 is 11.6 Å². The minimum Gasteiger partial charge on any atom is -0.227 e. The molecule has 0 aliphatic carbocycles. The Morgan fingerprint density at radius 3 is 3.00 bits per heavy atom. The van der Waals surface area contributed by atoms with Crippen molar-refractivity contribution in [3.8, 4) is 11.8 Å². The summed E-state index contributed by atoms with van der Waals surface area (Å²) in [7, 11) is 0. The summed E-state index contributed by atoms with van der Waals surface area (Å²) in [6, 6.07) is 1.64. The molecule has 1 heterocycles. The van der Waals surface area contributed by atoms with Crippen LogP contribution < -0.4 is 0 Å². The molecule has 62 valence electrons. The third kappa shape index (κ3) is 2.21. The lowest BCUT2D eigenvalue weighted by Crippen LogP contribution is -1.88. The second kappa shape index (κ2) is 4.08. The number of nitrogens with zero attached hydrogens (tertiary/aromatic N) is 1. The summed E-state index contributed by atoms with van der Waals surface area (Å²) in [5, 5.41) is 0. The number of hydrogen-bond donors (Lipinski definition) is 0. The molecule has 12 heavy (non-hydrogen) atoms. The summed E-state index contributed by atoms with van der Waals surface area (Å²) in [6.07, 6.45) is 1.39. The third-order valence-electron chi connectivity index (χ3n) is 1.31. The molecule has 0 saturated heterocycles. The van der Waals surface area contributed by atoms with E-state index in [1.165, 1.54) is 6.20 Å². The average Bonchev–Trinajstić information content (AvgIpc) is 2.07. The van der Waals surface area contributed by atoms with E-state index in [2.05, 4.69) is 16.8 Å². The lowest BCUT2D eigenvalue weighted by Gasteiger charge is -1.94. The van der Waals surface area contributed by atoms with Crippen molar-refractivity contribution in [2.75, 3.05) is 5.88 Å². The zero-order valence-corrected chi connectivity index (χ0v) is 7.32. The molecule has 0 aliphatic rings. The Morgan fingerprint density at radius 2 is 2.42 bits per heavy atom. The van der Waals surface area contributed by atoms with E-state index in [4.69, 9.17) is 11.6 Å². The second-order valence-corrected chi connectivity index (χ2v) is 2.53. The number of pyridine rings is 1. The van der Waals surface area contributed by atoms with Gasteiger partial charge in [0, 0.05) is 17.3 Å². The van der Waals surface area contributed by atoms with E-state index in [9.17, 15) is 4.39 Å². The molecule has 0 aromatic carbocycles. The number of rotatable bonds is 0. The molecule has 0 bridgehead atoms. The summed E-state index contributed by atoms with van der Waals surface area (Å²) in [6.45, 7) is 1.65. The van der Waals surface area contributed by atoms with Gasteiger partial charge >= 0.3 is 0 Å². The topological polar surface area (TPSA) is 12.9 Å². The monoisotopic (exact) mass is 183 g/mol. The molecule has 0 spiro atoms. The summed E-state index contributed by atoms with van der Waals surface area (Å²) in [4.78, 5) is 3.52. The summed E-state index contributed by atoms with van der Waals surface area (Å²) in [5.74, 6) is 5.24. The van der Waals surface area contributed by atoms with Gasteiger partial charge in [-0.2, -0.15) is 4.39 Å². The summed E-state index contributed by atoms with van der Waals surface area (Å²) in [5.41, 5.74) is 1.19. The number of aromatic nitrogens is 1. The van der Waals surface area contributed by atoms with Gasteiger partial charge in [-0.25, -0.2) is 4.98 Å². The highest BCUT2D eigenvalue weighted by Crippen LogP contribution is 2.04. The number of halogens is 2. The Bertz CT molecular complexity index is 338. The fourth-order valence-electron chi connectivity index (χ4n) is 0.762. The Kier molecular flexibility index (Phi) is 3.07. The minimum atomic E-state index is -0.452. The van der Waals surface area contributed by atoms with Gasteiger partial charge in [-0.1, -0.05) is 11.8 Å². The van der Waals surface area contributed by atoms with Gasteiger partial charge in [0.05, 0.1) is 5.88 Å². The number of alkyl halides is 1. The molecule has 1 aromatic rings. The molecule has 0 fully saturated rings. The Morgan fingerprint density at radius 1 is 1.67 bits per heavy atom. The van der Waals surface area contributed by atoms with E-state index >= 15 is 0 Å². The van der Waals surface area contributed by atoms with Crippen LogP contribution in [0.25, 0.3) is 0 Å². The molecule has 0 radical (unpaired) electrons. The van der Waals surface area contributed by atoms with E-state index in [0.29, 0.717) is 11.1 Å².